The van der Waals surface area contributed by atoms with Crippen LogP contribution < -0.4 is 0 Å². The minimum Gasteiger partial charge on any atom is -0.493 e. The van der Waals surface area contributed by atoms with Gasteiger partial charge in [-0.15, -0.1) is 12.7 Å². The molecule has 1 aromatic rings. The Labute approximate surface area is 132 Å². The van der Waals surface area contributed by atoms with Crippen LogP contribution in [0.3, 0.4) is 0 Å². The zero-order valence-corrected chi connectivity index (χ0v) is 12.9. The van der Waals surface area contributed by atoms with E-state index in [0.717, 1.165) is 6.42 Å². The molecule has 0 atom stereocenters. The predicted octanol–water partition coefficient (Wildman–Crippen LogP) is 4.29. The fourth-order valence-electron chi connectivity index (χ4n) is 1.52. The van der Waals surface area contributed by atoms with Crippen LogP contribution in [0.25, 0.3) is 0 Å². The second-order valence-corrected chi connectivity index (χ2v) is 4.29. The SMILES string of the molecule is C=CC[C-]=C(C)C(C)(C)c1ccccc1.[Sm]. The molecule has 0 fully saturated rings. The Morgan fingerprint density at radius 3 is 2.38 bits per heavy atom. The fraction of sp³-hybridized carbons (Fsp3) is 0.333. The van der Waals surface area contributed by atoms with Gasteiger partial charge in [-0.1, -0.05) is 51.1 Å². The van der Waals surface area contributed by atoms with E-state index in [2.05, 4.69) is 57.7 Å². The van der Waals surface area contributed by atoms with Crippen LogP contribution in [0, 0.1) is 46.5 Å². The summed E-state index contributed by atoms with van der Waals surface area (Å²) in [6.45, 7) is 10.3. The molecule has 1 heteroatoms. The summed E-state index contributed by atoms with van der Waals surface area (Å²) in [5.41, 5.74) is 2.66. The van der Waals surface area contributed by atoms with Crippen LogP contribution >= 0.6 is 0 Å². The summed E-state index contributed by atoms with van der Waals surface area (Å²) >= 11 is 0. The van der Waals surface area contributed by atoms with Crippen molar-refractivity contribution in [1.82, 2.24) is 0 Å². The zero-order valence-electron chi connectivity index (χ0n) is 10.3. The molecule has 0 nitrogen and oxygen atoms in total. The fourth-order valence-corrected chi connectivity index (χ4v) is 1.52. The van der Waals surface area contributed by atoms with Gasteiger partial charge in [0, 0.05) is 40.4 Å². The maximum Gasteiger partial charge on any atom is 0 e. The van der Waals surface area contributed by atoms with Crippen molar-refractivity contribution >= 4 is 0 Å². The van der Waals surface area contributed by atoms with E-state index in [1.807, 2.05) is 12.1 Å². The van der Waals surface area contributed by atoms with Crippen LogP contribution in [0.5, 0.6) is 0 Å². The molecule has 16 heavy (non-hydrogen) atoms. The molecule has 0 aliphatic heterocycles. The second kappa shape index (κ2) is 7.38. The molecule has 1 rings (SSSR count). The first-order valence-electron chi connectivity index (χ1n) is 5.33. The van der Waals surface area contributed by atoms with Crippen molar-refractivity contribution in [3.05, 3.63) is 60.2 Å². The third-order valence-corrected chi connectivity index (χ3v) is 2.94. The summed E-state index contributed by atoms with van der Waals surface area (Å²) in [6, 6.07) is 10.5. The third-order valence-electron chi connectivity index (χ3n) is 2.94. The van der Waals surface area contributed by atoms with E-state index in [9.17, 15) is 0 Å². The Morgan fingerprint density at radius 2 is 1.88 bits per heavy atom. The van der Waals surface area contributed by atoms with Crippen molar-refractivity contribution < 1.29 is 40.4 Å². The largest absolute Gasteiger partial charge is 0.493 e. The van der Waals surface area contributed by atoms with Crippen molar-refractivity contribution in [3.63, 3.8) is 0 Å². The quantitative estimate of drug-likeness (QED) is 0.562. The Bertz CT molecular complexity index is 347. The molecule has 0 aliphatic carbocycles. The van der Waals surface area contributed by atoms with Crippen molar-refractivity contribution in [2.75, 3.05) is 0 Å². The van der Waals surface area contributed by atoms with Crippen LogP contribution in [0.1, 0.15) is 32.8 Å². The van der Waals surface area contributed by atoms with Gasteiger partial charge in [-0.3, -0.25) is 0 Å². The predicted molar refractivity (Wildman–Crippen MR) is 66.7 cm³/mol. The molecule has 86 valence electrons. The van der Waals surface area contributed by atoms with E-state index in [1.165, 1.54) is 11.1 Å². The molecule has 0 aromatic heterocycles. The van der Waals surface area contributed by atoms with Crippen LogP contribution in [0.2, 0.25) is 0 Å². The van der Waals surface area contributed by atoms with Gasteiger partial charge in [0.2, 0.25) is 0 Å². The van der Waals surface area contributed by atoms with Gasteiger partial charge in [-0.05, 0) is 11.0 Å². The molecule has 1 aromatic carbocycles. The number of benzene rings is 1. The van der Waals surface area contributed by atoms with Gasteiger partial charge in [-0.2, -0.15) is 6.42 Å². The zero-order chi connectivity index (χ0) is 11.3. The normalized spacial score (nSPS) is 11.8. The van der Waals surface area contributed by atoms with Crippen LogP contribution in [0.4, 0.5) is 0 Å². The molecular weight excluding hydrogens is 331 g/mol. The average Bonchev–Trinajstić information content (AvgIpc) is 2.27. The third kappa shape index (κ3) is 4.13. The Balaban J connectivity index is 0.00000225. The van der Waals surface area contributed by atoms with Gasteiger partial charge < -0.3 is 6.08 Å². The van der Waals surface area contributed by atoms with Gasteiger partial charge >= 0.3 is 0 Å². The molecule has 0 heterocycles. The maximum atomic E-state index is 3.71. The number of hydrogen-bond donors (Lipinski definition) is 0. The minimum absolute atomic E-state index is 0. The summed E-state index contributed by atoms with van der Waals surface area (Å²) < 4.78 is 0. The maximum absolute atomic E-state index is 3.71. The van der Waals surface area contributed by atoms with Crippen LogP contribution in [-0.2, 0) is 5.41 Å². The summed E-state index contributed by atoms with van der Waals surface area (Å²) in [6.07, 6.45) is 6.07. The molecule has 0 saturated heterocycles. The molecule has 0 unspecified atom stereocenters. The Kier molecular flexibility index (Phi) is 7.40. The van der Waals surface area contributed by atoms with Crippen molar-refractivity contribution in [1.29, 1.82) is 0 Å². The number of allylic oxidation sites excluding steroid dienone is 3. The topological polar surface area (TPSA) is 0 Å². The molecule has 0 amide bonds. The van der Waals surface area contributed by atoms with E-state index >= 15 is 0 Å². The van der Waals surface area contributed by atoms with Crippen molar-refractivity contribution in [2.24, 2.45) is 0 Å². The smallest absolute Gasteiger partial charge is 0 e. The monoisotopic (exact) mass is 351 g/mol. The first-order valence-corrected chi connectivity index (χ1v) is 5.33. The van der Waals surface area contributed by atoms with Gasteiger partial charge in [0.05, 0.1) is 0 Å². The van der Waals surface area contributed by atoms with Gasteiger partial charge in [-0.25, -0.2) is 5.57 Å². The minimum atomic E-state index is 0. The first kappa shape index (κ1) is 16.0. The standard InChI is InChI=1S/C15H19.Sm/c1-5-6-10-13(2)15(3,4)14-11-8-7-9-12-14;/h5,7-9,11-12H,1,6H2,2-4H3;/q-1;. The van der Waals surface area contributed by atoms with E-state index in [-0.39, 0.29) is 45.8 Å². The molecule has 0 radical (unpaired) electrons. The van der Waals surface area contributed by atoms with E-state index in [1.54, 1.807) is 0 Å². The number of hydrogen-bond acceptors (Lipinski definition) is 0. The molecule has 0 bridgehead atoms. The molecular formula is C15H19Sm-. The van der Waals surface area contributed by atoms with E-state index in [0.29, 0.717) is 0 Å². The summed E-state index contributed by atoms with van der Waals surface area (Å²) in [4.78, 5) is 0. The summed E-state index contributed by atoms with van der Waals surface area (Å²) in [5.74, 6) is 0. The van der Waals surface area contributed by atoms with Gasteiger partial charge in [0.1, 0.15) is 0 Å². The van der Waals surface area contributed by atoms with Crippen LogP contribution in [-0.4, -0.2) is 0 Å². The Hall–Kier alpha value is 0.0377. The molecule has 0 spiro atoms. The van der Waals surface area contributed by atoms with E-state index < -0.39 is 0 Å². The van der Waals surface area contributed by atoms with Crippen LogP contribution in [0.15, 0.2) is 48.6 Å². The number of rotatable bonds is 4. The van der Waals surface area contributed by atoms with E-state index in [4.69, 9.17) is 0 Å². The summed E-state index contributed by atoms with van der Waals surface area (Å²) in [5, 5.41) is 0. The summed E-state index contributed by atoms with van der Waals surface area (Å²) in [7, 11) is 0. The first-order chi connectivity index (χ1) is 7.09. The molecule has 0 saturated carbocycles. The van der Waals surface area contributed by atoms with Gasteiger partial charge in [0.15, 0.2) is 0 Å². The van der Waals surface area contributed by atoms with Crippen molar-refractivity contribution in [3.8, 4) is 0 Å². The second-order valence-electron chi connectivity index (χ2n) is 4.29. The Morgan fingerprint density at radius 1 is 1.31 bits per heavy atom. The van der Waals surface area contributed by atoms with Crippen molar-refractivity contribution in [2.45, 2.75) is 32.6 Å². The molecule has 0 aliphatic rings. The average molecular weight is 350 g/mol. The van der Waals surface area contributed by atoms with Gasteiger partial charge in [0.25, 0.3) is 0 Å². The molecule has 0 N–H and O–H groups in total.